The third-order valence-electron chi connectivity index (χ3n) is 5.62. The SMILES string of the molecule is COC(=O)[C@@H](CC(=O)NNc1cc(-c2ccc(Nc3nc4ccc(Cl)cc4s3)cc2)ccn1)C(C)C. The van der Waals surface area contributed by atoms with Crippen LogP contribution in [-0.2, 0) is 14.3 Å². The van der Waals surface area contributed by atoms with Gasteiger partial charge in [0.25, 0.3) is 0 Å². The number of rotatable bonds is 9. The Kier molecular flexibility index (Phi) is 8.02. The minimum atomic E-state index is -0.510. The van der Waals surface area contributed by atoms with Crippen LogP contribution in [0, 0.1) is 11.8 Å². The summed E-state index contributed by atoms with van der Waals surface area (Å²) in [6.07, 6.45) is 1.68. The Morgan fingerprint density at radius 2 is 1.83 bits per heavy atom. The Hall–Kier alpha value is -3.69. The van der Waals surface area contributed by atoms with Gasteiger partial charge in [0.2, 0.25) is 5.91 Å². The molecule has 3 N–H and O–H groups in total. The van der Waals surface area contributed by atoms with E-state index in [0.29, 0.717) is 10.8 Å². The lowest BCUT2D eigenvalue weighted by molar-refractivity contribution is -0.149. The molecule has 2 aromatic heterocycles. The molecule has 8 nitrogen and oxygen atoms in total. The average Bonchev–Trinajstić information content (AvgIpc) is 3.27. The molecule has 2 heterocycles. The number of hydrogen-bond donors (Lipinski definition) is 3. The first-order valence-corrected chi connectivity index (χ1v) is 12.5. The largest absolute Gasteiger partial charge is 0.469 e. The third kappa shape index (κ3) is 6.30. The van der Waals surface area contributed by atoms with E-state index >= 15 is 0 Å². The van der Waals surface area contributed by atoms with Gasteiger partial charge in [0.1, 0.15) is 5.82 Å². The average molecular weight is 524 g/mol. The molecule has 186 valence electrons. The highest BCUT2D eigenvalue weighted by Crippen LogP contribution is 2.31. The first kappa shape index (κ1) is 25.4. The minimum absolute atomic E-state index is 0.0183. The van der Waals surface area contributed by atoms with E-state index in [1.54, 1.807) is 17.5 Å². The molecule has 1 atom stereocenters. The van der Waals surface area contributed by atoms with Crippen LogP contribution < -0.4 is 16.2 Å². The maximum Gasteiger partial charge on any atom is 0.309 e. The summed E-state index contributed by atoms with van der Waals surface area (Å²) in [5, 5.41) is 4.81. The molecular weight excluding hydrogens is 498 g/mol. The monoisotopic (exact) mass is 523 g/mol. The number of hydrogen-bond acceptors (Lipinski definition) is 8. The molecule has 0 bridgehead atoms. The van der Waals surface area contributed by atoms with Crippen LogP contribution in [0.15, 0.2) is 60.8 Å². The van der Waals surface area contributed by atoms with Crippen LogP contribution in [0.2, 0.25) is 5.02 Å². The van der Waals surface area contributed by atoms with Crippen molar-refractivity contribution in [1.29, 1.82) is 0 Å². The summed E-state index contributed by atoms with van der Waals surface area (Å²) >= 11 is 7.61. The highest BCUT2D eigenvalue weighted by molar-refractivity contribution is 7.22. The van der Waals surface area contributed by atoms with Crippen molar-refractivity contribution in [3.8, 4) is 11.1 Å². The van der Waals surface area contributed by atoms with Crippen LogP contribution in [0.4, 0.5) is 16.6 Å². The van der Waals surface area contributed by atoms with E-state index in [-0.39, 0.29) is 18.2 Å². The molecule has 0 saturated carbocycles. The number of methoxy groups -OCH3 is 1. The Bertz CT molecular complexity index is 1370. The lowest BCUT2D eigenvalue weighted by atomic mass is 9.92. The molecule has 0 spiro atoms. The van der Waals surface area contributed by atoms with Crippen LogP contribution in [-0.4, -0.2) is 29.0 Å². The highest BCUT2D eigenvalue weighted by Gasteiger charge is 2.25. The van der Waals surface area contributed by atoms with Gasteiger partial charge in [-0.2, -0.15) is 0 Å². The zero-order valence-electron chi connectivity index (χ0n) is 20.0. The number of benzene rings is 2. The van der Waals surface area contributed by atoms with Crippen molar-refractivity contribution in [2.45, 2.75) is 20.3 Å². The molecular formula is C26H26ClN5O3S. The quantitative estimate of drug-likeness (QED) is 0.181. The summed E-state index contributed by atoms with van der Waals surface area (Å²) < 4.78 is 5.82. The highest BCUT2D eigenvalue weighted by atomic mass is 35.5. The van der Waals surface area contributed by atoms with Crippen molar-refractivity contribution < 1.29 is 14.3 Å². The van der Waals surface area contributed by atoms with Crippen molar-refractivity contribution in [2.75, 3.05) is 17.9 Å². The van der Waals surface area contributed by atoms with Gasteiger partial charge in [-0.25, -0.2) is 9.97 Å². The predicted octanol–water partition coefficient (Wildman–Crippen LogP) is 6.03. The standard InChI is InChI=1S/C26H26ClN5O3S/c1-15(2)20(25(34)35-3)14-24(33)32-31-23-12-17(10-11-28-23)16-4-7-19(8-5-16)29-26-30-21-9-6-18(27)13-22(21)36-26/h4-13,15,20H,14H2,1-3H3,(H,28,31)(H,29,30)(H,32,33)/t20-/m0/s1. The fourth-order valence-corrected chi connectivity index (χ4v) is 4.79. The number of carbonyl (C=O) groups excluding carboxylic acids is 2. The Balaban J connectivity index is 1.38. The molecule has 4 rings (SSSR count). The number of esters is 1. The Morgan fingerprint density at radius 1 is 1.06 bits per heavy atom. The molecule has 1 amide bonds. The molecule has 10 heteroatoms. The molecule has 2 aromatic carbocycles. The van der Waals surface area contributed by atoms with Crippen molar-refractivity contribution in [3.63, 3.8) is 0 Å². The number of nitrogens with one attached hydrogen (secondary N) is 3. The maximum atomic E-state index is 12.3. The van der Waals surface area contributed by atoms with E-state index in [2.05, 4.69) is 26.1 Å². The topological polar surface area (TPSA) is 105 Å². The summed E-state index contributed by atoms with van der Waals surface area (Å²) in [6, 6.07) is 17.3. The van der Waals surface area contributed by atoms with Crippen LogP contribution in [0.1, 0.15) is 20.3 Å². The number of hydrazine groups is 1. The Morgan fingerprint density at radius 3 is 2.56 bits per heavy atom. The van der Waals surface area contributed by atoms with Crippen molar-refractivity contribution in [3.05, 3.63) is 65.8 Å². The van der Waals surface area contributed by atoms with Crippen molar-refractivity contribution >= 4 is 61.7 Å². The van der Waals surface area contributed by atoms with Crippen LogP contribution in [0.5, 0.6) is 0 Å². The predicted molar refractivity (Wildman–Crippen MR) is 144 cm³/mol. The lowest BCUT2D eigenvalue weighted by Crippen LogP contribution is -2.34. The van der Waals surface area contributed by atoms with Gasteiger partial charge in [-0.1, -0.05) is 48.9 Å². The molecule has 0 aliphatic heterocycles. The normalized spacial score (nSPS) is 11.8. The van der Waals surface area contributed by atoms with Gasteiger partial charge in [0.05, 0.1) is 23.2 Å². The van der Waals surface area contributed by atoms with E-state index < -0.39 is 11.9 Å². The summed E-state index contributed by atoms with van der Waals surface area (Å²) in [5.41, 5.74) is 9.16. The third-order valence-corrected chi connectivity index (χ3v) is 6.79. The number of anilines is 3. The zero-order chi connectivity index (χ0) is 25.7. The summed E-state index contributed by atoms with van der Waals surface area (Å²) in [5.74, 6) is -0.765. The van der Waals surface area contributed by atoms with Gasteiger partial charge in [-0.3, -0.25) is 20.4 Å². The number of nitrogens with zero attached hydrogens (tertiary/aromatic N) is 2. The number of aromatic nitrogens is 2. The smallest absolute Gasteiger partial charge is 0.309 e. The lowest BCUT2D eigenvalue weighted by Gasteiger charge is -2.18. The second-order valence-electron chi connectivity index (χ2n) is 8.51. The summed E-state index contributed by atoms with van der Waals surface area (Å²) in [4.78, 5) is 33.1. The fourth-order valence-electron chi connectivity index (χ4n) is 3.63. The molecule has 4 aromatic rings. The number of thiazole rings is 1. The number of pyridine rings is 1. The first-order chi connectivity index (χ1) is 17.3. The van der Waals surface area contributed by atoms with Crippen LogP contribution in [0.25, 0.3) is 21.3 Å². The molecule has 0 aliphatic rings. The van der Waals surface area contributed by atoms with Crippen molar-refractivity contribution in [1.82, 2.24) is 15.4 Å². The molecule has 0 saturated heterocycles. The molecule has 36 heavy (non-hydrogen) atoms. The first-order valence-electron chi connectivity index (χ1n) is 11.3. The minimum Gasteiger partial charge on any atom is -0.469 e. The van der Waals surface area contributed by atoms with Gasteiger partial charge >= 0.3 is 5.97 Å². The number of halogens is 1. The van der Waals surface area contributed by atoms with Gasteiger partial charge in [0.15, 0.2) is 5.13 Å². The van der Waals surface area contributed by atoms with E-state index in [1.807, 2.05) is 68.4 Å². The number of amides is 1. The maximum absolute atomic E-state index is 12.3. The molecule has 0 unspecified atom stereocenters. The number of ether oxygens (including phenoxy) is 1. The second-order valence-corrected chi connectivity index (χ2v) is 9.98. The van der Waals surface area contributed by atoms with E-state index in [9.17, 15) is 9.59 Å². The summed E-state index contributed by atoms with van der Waals surface area (Å²) in [7, 11) is 1.32. The van der Waals surface area contributed by atoms with Crippen molar-refractivity contribution in [2.24, 2.45) is 11.8 Å². The van der Waals surface area contributed by atoms with E-state index in [1.165, 1.54) is 7.11 Å². The number of carbonyl (C=O) groups is 2. The second kappa shape index (κ2) is 11.4. The van der Waals surface area contributed by atoms with E-state index in [0.717, 1.165) is 32.2 Å². The van der Waals surface area contributed by atoms with Crippen LogP contribution in [0.3, 0.4) is 0 Å². The van der Waals surface area contributed by atoms with Gasteiger partial charge in [0, 0.05) is 23.3 Å². The molecule has 0 radical (unpaired) electrons. The molecule has 0 fully saturated rings. The summed E-state index contributed by atoms with van der Waals surface area (Å²) in [6.45, 7) is 3.76. The van der Waals surface area contributed by atoms with Gasteiger partial charge in [-0.15, -0.1) is 0 Å². The zero-order valence-corrected chi connectivity index (χ0v) is 21.6. The Labute approximate surface area is 218 Å². The number of fused-ring (bicyclic) bond motifs is 1. The van der Waals surface area contributed by atoms with E-state index in [4.69, 9.17) is 16.3 Å². The van der Waals surface area contributed by atoms with Gasteiger partial charge in [-0.05, 0) is 59.5 Å². The molecule has 0 aliphatic carbocycles. The van der Waals surface area contributed by atoms with Crippen LogP contribution >= 0.6 is 22.9 Å². The fraction of sp³-hybridized carbons (Fsp3) is 0.231. The van der Waals surface area contributed by atoms with Gasteiger partial charge < -0.3 is 10.1 Å².